The summed E-state index contributed by atoms with van der Waals surface area (Å²) in [6.45, 7) is -0.299. The van der Waals surface area contributed by atoms with E-state index in [4.69, 9.17) is 20.5 Å². The standard InChI is InChI=1S/C26H17N5O4/c27-12-15-3-4-16-10-24(20(26(28)33)9-17(16)8-15)34-14-23(32)21-13-29-22-11-18(5-6-19(21)22)35-25-2-1-7-30-31-25/h1-11,13,29H,14H2,(H2,28,33). The highest BCUT2D eigenvalue weighted by atomic mass is 16.5. The van der Waals surface area contributed by atoms with Gasteiger partial charge in [0.25, 0.3) is 5.91 Å². The minimum absolute atomic E-state index is 0.130. The van der Waals surface area contributed by atoms with Gasteiger partial charge in [0.05, 0.1) is 17.2 Å². The zero-order chi connectivity index (χ0) is 24.4. The number of hydrogen-bond acceptors (Lipinski definition) is 7. The number of carbonyl (C=O) groups excluding carboxylic acids is 2. The summed E-state index contributed by atoms with van der Waals surface area (Å²) >= 11 is 0. The van der Waals surface area contributed by atoms with Crippen LogP contribution in [-0.2, 0) is 0 Å². The molecule has 0 aliphatic carbocycles. The number of benzene rings is 3. The maximum Gasteiger partial charge on any atom is 0.252 e. The Bertz CT molecular complexity index is 1640. The van der Waals surface area contributed by atoms with Crippen LogP contribution < -0.4 is 15.2 Å². The molecule has 0 atom stereocenters. The third-order valence-corrected chi connectivity index (χ3v) is 5.42. The van der Waals surface area contributed by atoms with Gasteiger partial charge in [0, 0.05) is 41.0 Å². The zero-order valence-corrected chi connectivity index (χ0v) is 18.2. The lowest BCUT2D eigenvalue weighted by atomic mass is 10.0. The Balaban J connectivity index is 1.37. The van der Waals surface area contributed by atoms with E-state index >= 15 is 0 Å². The van der Waals surface area contributed by atoms with Crippen LogP contribution in [0.5, 0.6) is 17.4 Å². The normalized spacial score (nSPS) is 10.7. The fourth-order valence-electron chi connectivity index (χ4n) is 3.74. The van der Waals surface area contributed by atoms with Crippen molar-refractivity contribution in [2.75, 3.05) is 6.61 Å². The van der Waals surface area contributed by atoms with Gasteiger partial charge in [0.15, 0.2) is 6.61 Å². The molecule has 0 radical (unpaired) electrons. The van der Waals surface area contributed by atoms with Gasteiger partial charge < -0.3 is 20.2 Å². The molecule has 5 aromatic rings. The van der Waals surface area contributed by atoms with E-state index in [0.717, 1.165) is 5.39 Å². The van der Waals surface area contributed by atoms with Crippen molar-refractivity contribution in [2.24, 2.45) is 5.73 Å². The summed E-state index contributed by atoms with van der Waals surface area (Å²) in [5, 5.41) is 18.9. The van der Waals surface area contributed by atoms with Crippen LogP contribution in [0, 0.1) is 11.3 Å². The number of amides is 1. The van der Waals surface area contributed by atoms with Crippen molar-refractivity contribution in [3.63, 3.8) is 0 Å². The number of nitriles is 1. The molecule has 9 heteroatoms. The molecule has 0 aliphatic heterocycles. The number of H-pyrrole nitrogens is 1. The van der Waals surface area contributed by atoms with Gasteiger partial charge in [-0.1, -0.05) is 6.07 Å². The molecule has 3 N–H and O–H groups in total. The molecule has 5 rings (SSSR count). The highest BCUT2D eigenvalue weighted by molar-refractivity contribution is 6.09. The summed E-state index contributed by atoms with van der Waals surface area (Å²) in [7, 11) is 0. The predicted molar refractivity (Wildman–Crippen MR) is 127 cm³/mol. The molecule has 35 heavy (non-hydrogen) atoms. The number of aromatic amines is 1. The van der Waals surface area contributed by atoms with E-state index in [9.17, 15) is 9.59 Å². The molecular formula is C26H17N5O4. The molecular weight excluding hydrogens is 446 g/mol. The number of carbonyl (C=O) groups is 2. The Morgan fingerprint density at radius 2 is 1.91 bits per heavy atom. The minimum Gasteiger partial charge on any atom is -0.485 e. The van der Waals surface area contributed by atoms with Crippen molar-refractivity contribution in [3.05, 3.63) is 89.7 Å². The van der Waals surface area contributed by atoms with Gasteiger partial charge in [-0.2, -0.15) is 10.4 Å². The average molecular weight is 463 g/mol. The van der Waals surface area contributed by atoms with Crippen molar-refractivity contribution < 1.29 is 19.1 Å². The van der Waals surface area contributed by atoms with E-state index in [0.29, 0.717) is 39.0 Å². The SMILES string of the molecule is N#Cc1ccc2cc(OCC(=O)c3c[nH]c4cc(Oc5cccnn5)ccc34)c(C(N)=O)cc2c1. The van der Waals surface area contributed by atoms with E-state index in [2.05, 4.69) is 21.3 Å². The lowest BCUT2D eigenvalue weighted by molar-refractivity contribution is 0.0914. The Kier molecular flexibility index (Phi) is 5.53. The van der Waals surface area contributed by atoms with Crippen molar-refractivity contribution in [2.45, 2.75) is 0 Å². The van der Waals surface area contributed by atoms with Crippen molar-refractivity contribution >= 4 is 33.4 Å². The first-order valence-corrected chi connectivity index (χ1v) is 10.5. The molecule has 3 aromatic carbocycles. The molecule has 170 valence electrons. The second-order valence-corrected chi connectivity index (χ2v) is 7.67. The first-order chi connectivity index (χ1) is 17.0. The number of primary amides is 1. The largest absolute Gasteiger partial charge is 0.485 e. The van der Waals surface area contributed by atoms with Crippen LogP contribution in [0.4, 0.5) is 0 Å². The maximum absolute atomic E-state index is 13.0. The summed E-state index contributed by atoms with van der Waals surface area (Å²) in [6.07, 6.45) is 3.15. The molecule has 0 aliphatic rings. The maximum atomic E-state index is 13.0. The van der Waals surface area contributed by atoms with Gasteiger partial charge >= 0.3 is 0 Å². The number of fused-ring (bicyclic) bond motifs is 2. The van der Waals surface area contributed by atoms with Crippen LogP contribution in [0.3, 0.4) is 0 Å². The fraction of sp³-hybridized carbons (Fsp3) is 0.0385. The van der Waals surface area contributed by atoms with Gasteiger partial charge in [0.2, 0.25) is 11.7 Å². The number of ketones is 1. The van der Waals surface area contributed by atoms with Crippen LogP contribution in [0.1, 0.15) is 26.3 Å². The van der Waals surface area contributed by atoms with Crippen LogP contribution in [0.25, 0.3) is 21.7 Å². The number of aromatic nitrogens is 3. The Labute approximate surface area is 198 Å². The Hall–Kier alpha value is -5.23. The van der Waals surface area contributed by atoms with Crippen LogP contribution in [0.2, 0.25) is 0 Å². The molecule has 1 amide bonds. The summed E-state index contributed by atoms with van der Waals surface area (Å²) < 4.78 is 11.4. The van der Waals surface area contributed by atoms with Gasteiger partial charge in [-0.15, -0.1) is 5.10 Å². The molecule has 2 aromatic heterocycles. The second kappa shape index (κ2) is 8.96. The van der Waals surface area contributed by atoms with Crippen molar-refractivity contribution in [1.82, 2.24) is 15.2 Å². The van der Waals surface area contributed by atoms with Crippen molar-refractivity contribution in [1.29, 1.82) is 5.26 Å². The van der Waals surface area contributed by atoms with Gasteiger partial charge in [-0.05, 0) is 53.2 Å². The van der Waals surface area contributed by atoms with Gasteiger partial charge in [0.1, 0.15) is 11.5 Å². The number of Topliss-reactive ketones (excluding diaryl/α,β-unsaturated/α-hetero) is 1. The van der Waals surface area contributed by atoms with Crippen LogP contribution in [-0.4, -0.2) is 33.5 Å². The molecule has 0 saturated heterocycles. The number of hydrogen-bond donors (Lipinski definition) is 2. The van der Waals surface area contributed by atoms with E-state index in [1.54, 1.807) is 73.1 Å². The molecule has 2 heterocycles. The molecule has 0 saturated carbocycles. The highest BCUT2D eigenvalue weighted by Gasteiger charge is 2.17. The Morgan fingerprint density at radius 1 is 1.03 bits per heavy atom. The van der Waals surface area contributed by atoms with E-state index in [1.165, 1.54) is 0 Å². The summed E-state index contributed by atoms with van der Waals surface area (Å²) in [4.78, 5) is 28.0. The summed E-state index contributed by atoms with van der Waals surface area (Å²) in [6, 6.07) is 19.0. The first kappa shape index (κ1) is 21.6. The van der Waals surface area contributed by atoms with E-state index < -0.39 is 5.91 Å². The average Bonchev–Trinajstić information content (AvgIpc) is 3.30. The lowest BCUT2D eigenvalue weighted by Crippen LogP contribution is -2.16. The predicted octanol–water partition coefficient (Wildman–Crippen LogP) is 4.14. The number of nitrogens with zero attached hydrogens (tertiary/aromatic N) is 3. The summed E-state index contributed by atoms with van der Waals surface area (Å²) in [5.41, 5.74) is 7.25. The zero-order valence-electron chi connectivity index (χ0n) is 18.2. The van der Waals surface area contributed by atoms with E-state index in [1.807, 2.05) is 0 Å². The third-order valence-electron chi connectivity index (χ3n) is 5.42. The number of nitrogens with one attached hydrogen (secondary N) is 1. The Morgan fingerprint density at radius 3 is 2.69 bits per heavy atom. The van der Waals surface area contributed by atoms with Crippen molar-refractivity contribution in [3.8, 4) is 23.4 Å². The molecule has 0 unspecified atom stereocenters. The van der Waals surface area contributed by atoms with E-state index in [-0.39, 0.29) is 23.7 Å². The van der Waals surface area contributed by atoms with Crippen LogP contribution in [0.15, 0.2) is 73.1 Å². The fourth-order valence-corrected chi connectivity index (χ4v) is 3.74. The molecule has 0 fully saturated rings. The third kappa shape index (κ3) is 4.36. The highest BCUT2D eigenvalue weighted by Crippen LogP contribution is 2.29. The molecule has 0 spiro atoms. The number of nitrogens with two attached hydrogens (primary N) is 1. The van der Waals surface area contributed by atoms with Gasteiger partial charge in [-0.3, -0.25) is 9.59 Å². The lowest BCUT2D eigenvalue weighted by Gasteiger charge is -2.11. The smallest absolute Gasteiger partial charge is 0.252 e. The first-order valence-electron chi connectivity index (χ1n) is 10.5. The topological polar surface area (TPSA) is 144 Å². The second-order valence-electron chi connectivity index (χ2n) is 7.67. The number of rotatable bonds is 7. The minimum atomic E-state index is -0.695. The quantitative estimate of drug-likeness (QED) is 0.345. The monoisotopic (exact) mass is 463 g/mol. The number of ether oxygens (including phenoxy) is 2. The molecule has 9 nitrogen and oxygen atoms in total. The summed E-state index contributed by atoms with van der Waals surface area (Å²) in [5.74, 6) is 0.112. The van der Waals surface area contributed by atoms with Crippen LogP contribution >= 0.6 is 0 Å². The van der Waals surface area contributed by atoms with Gasteiger partial charge in [-0.25, -0.2) is 0 Å². The molecule has 0 bridgehead atoms.